The van der Waals surface area contributed by atoms with Crippen molar-refractivity contribution in [2.24, 2.45) is 5.73 Å². The van der Waals surface area contributed by atoms with E-state index in [1.54, 1.807) is 20.8 Å². The standard InChI is InChI=1S/C14H28N2O4/c1-13(2,3)19-11(17)8-7-10(15)9-16-12(18)20-14(4,5)6/h10H,7-9,15H2,1-6H3,(H,16,18). The molecule has 0 aromatic heterocycles. The Morgan fingerprint density at radius 1 is 1.05 bits per heavy atom. The van der Waals surface area contributed by atoms with E-state index in [1.165, 1.54) is 0 Å². The van der Waals surface area contributed by atoms with Gasteiger partial charge in [0.25, 0.3) is 0 Å². The summed E-state index contributed by atoms with van der Waals surface area (Å²) in [6.07, 6.45) is 0.171. The van der Waals surface area contributed by atoms with E-state index in [0.717, 1.165) is 0 Å². The van der Waals surface area contributed by atoms with E-state index in [4.69, 9.17) is 15.2 Å². The third kappa shape index (κ3) is 11.8. The van der Waals surface area contributed by atoms with Gasteiger partial charge in [0.2, 0.25) is 0 Å². The van der Waals surface area contributed by atoms with Crippen LogP contribution >= 0.6 is 0 Å². The van der Waals surface area contributed by atoms with E-state index >= 15 is 0 Å². The van der Waals surface area contributed by atoms with Crippen molar-refractivity contribution in [3.05, 3.63) is 0 Å². The molecule has 0 fully saturated rings. The molecule has 1 unspecified atom stereocenters. The van der Waals surface area contributed by atoms with Crippen LogP contribution in [0, 0.1) is 0 Å². The van der Waals surface area contributed by atoms with Crippen molar-refractivity contribution in [1.29, 1.82) is 0 Å². The first kappa shape index (κ1) is 18.7. The van der Waals surface area contributed by atoms with Gasteiger partial charge in [0.15, 0.2) is 0 Å². The maximum Gasteiger partial charge on any atom is 0.407 e. The maximum atomic E-state index is 11.5. The van der Waals surface area contributed by atoms with Gasteiger partial charge in [-0.2, -0.15) is 0 Å². The average molecular weight is 288 g/mol. The highest BCUT2D eigenvalue weighted by atomic mass is 16.6. The number of nitrogens with one attached hydrogen (secondary N) is 1. The third-order valence-corrected chi connectivity index (χ3v) is 2.05. The molecule has 0 aliphatic heterocycles. The van der Waals surface area contributed by atoms with Gasteiger partial charge in [0.05, 0.1) is 0 Å². The summed E-state index contributed by atoms with van der Waals surface area (Å²) in [5.74, 6) is -0.287. The number of carbonyl (C=O) groups excluding carboxylic acids is 2. The third-order valence-electron chi connectivity index (χ3n) is 2.05. The highest BCUT2D eigenvalue weighted by Gasteiger charge is 2.18. The van der Waals surface area contributed by atoms with Crippen molar-refractivity contribution in [2.45, 2.75) is 71.6 Å². The molecule has 0 bridgehead atoms. The summed E-state index contributed by atoms with van der Waals surface area (Å²) < 4.78 is 10.3. The Morgan fingerprint density at radius 2 is 1.55 bits per heavy atom. The molecule has 0 aromatic carbocycles. The predicted octanol–water partition coefficient (Wildman–Crippen LogP) is 1.96. The normalized spacial score (nSPS) is 13.6. The molecule has 0 saturated heterocycles. The predicted molar refractivity (Wildman–Crippen MR) is 77.3 cm³/mol. The second-order valence-electron chi connectivity index (χ2n) is 6.77. The Balaban J connectivity index is 3.87. The number of rotatable bonds is 5. The minimum Gasteiger partial charge on any atom is -0.460 e. The summed E-state index contributed by atoms with van der Waals surface area (Å²) in [6, 6.07) is -0.310. The molecule has 0 saturated carbocycles. The topological polar surface area (TPSA) is 90.6 Å². The fraction of sp³-hybridized carbons (Fsp3) is 0.857. The lowest BCUT2D eigenvalue weighted by Gasteiger charge is -2.21. The number of amides is 1. The van der Waals surface area contributed by atoms with Crippen LogP contribution in [-0.2, 0) is 14.3 Å². The average Bonchev–Trinajstić information content (AvgIpc) is 2.18. The lowest BCUT2D eigenvalue weighted by Crippen LogP contribution is -2.40. The molecule has 6 nitrogen and oxygen atoms in total. The van der Waals surface area contributed by atoms with Gasteiger partial charge >= 0.3 is 12.1 Å². The highest BCUT2D eigenvalue weighted by Crippen LogP contribution is 2.10. The van der Waals surface area contributed by atoms with Crippen molar-refractivity contribution in [3.8, 4) is 0 Å². The number of alkyl carbamates (subject to hydrolysis) is 1. The number of esters is 1. The molecule has 6 heteroatoms. The minimum absolute atomic E-state index is 0.231. The molecule has 0 spiro atoms. The Bertz CT molecular complexity index is 297. The molecule has 118 valence electrons. The van der Waals surface area contributed by atoms with Crippen LogP contribution in [0.4, 0.5) is 4.79 Å². The highest BCUT2D eigenvalue weighted by molar-refractivity contribution is 5.70. The van der Waals surface area contributed by atoms with Crippen molar-refractivity contribution in [3.63, 3.8) is 0 Å². The lowest BCUT2D eigenvalue weighted by molar-refractivity contribution is -0.155. The number of carbonyl (C=O) groups is 2. The first-order valence-corrected chi connectivity index (χ1v) is 6.83. The molecule has 0 aliphatic rings. The zero-order valence-electron chi connectivity index (χ0n) is 13.4. The fourth-order valence-electron chi connectivity index (χ4n) is 1.33. The van der Waals surface area contributed by atoms with Crippen LogP contribution < -0.4 is 11.1 Å². The summed E-state index contributed by atoms with van der Waals surface area (Å²) in [4.78, 5) is 22.9. The summed E-state index contributed by atoms with van der Waals surface area (Å²) in [5, 5.41) is 2.57. The molecule has 1 amide bonds. The van der Waals surface area contributed by atoms with Gasteiger partial charge in [-0.15, -0.1) is 0 Å². The van der Waals surface area contributed by atoms with Crippen LogP contribution in [-0.4, -0.2) is 35.9 Å². The molecule has 20 heavy (non-hydrogen) atoms. The Kier molecular flexibility index (Phi) is 6.99. The van der Waals surface area contributed by atoms with Crippen LogP contribution in [0.2, 0.25) is 0 Å². The SMILES string of the molecule is CC(C)(C)OC(=O)CCC(N)CNC(=O)OC(C)(C)C. The van der Waals surface area contributed by atoms with Crippen LogP contribution in [0.3, 0.4) is 0 Å². The fourth-order valence-corrected chi connectivity index (χ4v) is 1.33. The molecular weight excluding hydrogens is 260 g/mol. The summed E-state index contributed by atoms with van der Waals surface area (Å²) in [7, 11) is 0. The molecule has 0 rings (SSSR count). The number of nitrogens with two attached hydrogens (primary N) is 1. The van der Waals surface area contributed by atoms with Crippen molar-refractivity contribution in [2.75, 3.05) is 6.54 Å². The van der Waals surface area contributed by atoms with Gasteiger partial charge in [-0.3, -0.25) is 4.79 Å². The molecular formula is C14H28N2O4. The van der Waals surface area contributed by atoms with E-state index in [0.29, 0.717) is 6.42 Å². The Morgan fingerprint density at radius 3 is 2.00 bits per heavy atom. The lowest BCUT2D eigenvalue weighted by atomic mass is 10.1. The number of hydrogen-bond acceptors (Lipinski definition) is 5. The van der Waals surface area contributed by atoms with E-state index < -0.39 is 17.3 Å². The Labute approximate surface area is 121 Å². The largest absolute Gasteiger partial charge is 0.460 e. The van der Waals surface area contributed by atoms with Crippen molar-refractivity contribution in [1.82, 2.24) is 5.32 Å². The monoisotopic (exact) mass is 288 g/mol. The molecule has 0 heterocycles. The smallest absolute Gasteiger partial charge is 0.407 e. The molecule has 0 aliphatic carbocycles. The quantitative estimate of drug-likeness (QED) is 0.755. The summed E-state index contributed by atoms with van der Waals surface area (Å²) in [5.41, 5.74) is 4.79. The maximum absolute atomic E-state index is 11.5. The van der Waals surface area contributed by atoms with E-state index in [-0.39, 0.29) is 25.0 Å². The first-order chi connectivity index (χ1) is 8.89. The van der Waals surface area contributed by atoms with Gasteiger partial charge < -0.3 is 20.5 Å². The first-order valence-electron chi connectivity index (χ1n) is 6.83. The molecule has 0 radical (unpaired) electrons. The van der Waals surface area contributed by atoms with Crippen LogP contribution in [0.25, 0.3) is 0 Å². The van der Waals surface area contributed by atoms with E-state index in [2.05, 4.69) is 5.32 Å². The van der Waals surface area contributed by atoms with Crippen molar-refractivity contribution < 1.29 is 19.1 Å². The number of hydrogen-bond donors (Lipinski definition) is 2. The van der Waals surface area contributed by atoms with E-state index in [9.17, 15) is 9.59 Å². The van der Waals surface area contributed by atoms with Crippen molar-refractivity contribution >= 4 is 12.1 Å². The second-order valence-corrected chi connectivity index (χ2v) is 6.77. The van der Waals surface area contributed by atoms with E-state index in [1.807, 2.05) is 20.8 Å². The van der Waals surface area contributed by atoms with Gasteiger partial charge in [0.1, 0.15) is 11.2 Å². The van der Waals surface area contributed by atoms with Crippen LogP contribution in [0.1, 0.15) is 54.4 Å². The summed E-state index contributed by atoms with van der Waals surface area (Å²) >= 11 is 0. The Hall–Kier alpha value is -1.30. The van der Waals surface area contributed by atoms with Crippen LogP contribution in [0.5, 0.6) is 0 Å². The zero-order chi connectivity index (χ0) is 16.0. The zero-order valence-corrected chi connectivity index (χ0v) is 13.4. The van der Waals surface area contributed by atoms with Gasteiger partial charge in [-0.25, -0.2) is 4.79 Å². The minimum atomic E-state index is -0.537. The molecule has 1 atom stereocenters. The van der Waals surface area contributed by atoms with Gasteiger partial charge in [-0.05, 0) is 48.0 Å². The number of ether oxygens (including phenoxy) is 2. The molecule has 3 N–H and O–H groups in total. The molecule has 0 aromatic rings. The summed E-state index contributed by atoms with van der Waals surface area (Å²) in [6.45, 7) is 11.1. The van der Waals surface area contributed by atoms with Crippen LogP contribution in [0.15, 0.2) is 0 Å². The van der Waals surface area contributed by atoms with Gasteiger partial charge in [0, 0.05) is 19.0 Å². The van der Waals surface area contributed by atoms with Gasteiger partial charge in [-0.1, -0.05) is 0 Å². The second kappa shape index (κ2) is 7.47.